The lowest BCUT2D eigenvalue weighted by Crippen LogP contribution is -2.21. The zero-order chi connectivity index (χ0) is 13.9. The van der Waals surface area contributed by atoms with E-state index in [-0.39, 0.29) is 28.7 Å². The molecular weight excluding hydrogens is 234 g/mol. The number of hydrogen-bond acceptors (Lipinski definition) is 5. The minimum Gasteiger partial charge on any atom is -0.323 e. The van der Waals surface area contributed by atoms with E-state index in [1.807, 2.05) is 13.8 Å². The molecule has 0 aliphatic heterocycles. The van der Waals surface area contributed by atoms with Gasteiger partial charge in [0.15, 0.2) is 5.78 Å². The van der Waals surface area contributed by atoms with Crippen LogP contribution < -0.4 is 5.32 Å². The second-order valence-corrected chi connectivity index (χ2v) is 4.93. The second kappa shape index (κ2) is 5.17. The molecule has 1 rings (SSSR count). The predicted molar refractivity (Wildman–Crippen MR) is 64.6 cm³/mol. The van der Waals surface area contributed by atoms with E-state index in [2.05, 4.69) is 21.4 Å². The molecule has 6 heteroatoms. The van der Waals surface area contributed by atoms with Crippen LogP contribution in [-0.4, -0.2) is 24.6 Å². The van der Waals surface area contributed by atoms with Crippen molar-refractivity contribution in [1.29, 1.82) is 5.26 Å². The number of rotatable bonds is 4. The highest BCUT2D eigenvalue weighted by Gasteiger charge is 2.60. The van der Waals surface area contributed by atoms with Crippen molar-refractivity contribution < 1.29 is 14.4 Å². The molecule has 0 unspecified atom stereocenters. The summed E-state index contributed by atoms with van der Waals surface area (Å²) < 4.78 is 0. The number of nitrogens with zero attached hydrogens (tertiary/aromatic N) is 2. The summed E-state index contributed by atoms with van der Waals surface area (Å²) in [7, 11) is 1.41. The standard InChI is InChI=1S/C12H17N3O3/c1-7(16)10(15-18-11(17)14-4)9-8(5-6-13)12(9,2)3/h8-9H,5H2,1-4H3,(H,14,17)/b15-10-/t8-,9+/m1/s1. The molecule has 18 heavy (non-hydrogen) atoms. The minimum absolute atomic E-state index is 0.0819. The van der Waals surface area contributed by atoms with Gasteiger partial charge in [0.1, 0.15) is 5.71 Å². The first kappa shape index (κ1) is 14.2. The molecule has 1 aliphatic carbocycles. The summed E-state index contributed by atoms with van der Waals surface area (Å²) in [6, 6.07) is 2.10. The van der Waals surface area contributed by atoms with Crippen LogP contribution in [0.5, 0.6) is 0 Å². The van der Waals surface area contributed by atoms with Crippen LogP contribution in [0.3, 0.4) is 0 Å². The Kier molecular flexibility index (Phi) is 4.07. The number of carbonyl (C=O) groups excluding carboxylic acids is 2. The lowest BCUT2D eigenvalue weighted by atomic mass is 10.0. The van der Waals surface area contributed by atoms with Crippen molar-refractivity contribution in [1.82, 2.24) is 5.32 Å². The molecule has 98 valence electrons. The van der Waals surface area contributed by atoms with Gasteiger partial charge in [0, 0.05) is 26.3 Å². The van der Waals surface area contributed by atoms with Crippen LogP contribution in [0, 0.1) is 28.6 Å². The van der Waals surface area contributed by atoms with Crippen LogP contribution in [0.4, 0.5) is 4.79 Å². The van der Waals surface area contributed by atoms with Crippen LogP contribution >= 0.6 is 0 Å². The third-order valence-corrected chi connectivity index (χ3v) is 3.45. The lowest BCUT2D eigenvalue weighted by Gasteiger charge is -2.03. The van der Waals surface area contributed by atoms with E-state index in [9.17, 15) is 9.59 Å². The van der Waals surface area contributed by atoms with E-state index in [0.29, 0.717) is 6.42 Å². The molecule has 1 saturated carbocycles. The molecule has 6 nitrogen and oxygen atoms in total. The SMILES string of the molecule is CNC(=O)O/N=C(/C(C)=O)[C@@H]1[C@@H](CC#N)C1(C)C. The van der Waals surface area contributed by atoms with Gasteiger partial charge >= 0.3 is 6.09 Å². The number of Topliss-reactive ketones (excluding diaryl/α,β-unsaturated/α-hetero) is 1. The van der Waals surface area contributed by atoms with Crippen molar-refractivity contribution in [3.05, 3.63) is 0 Å². The Balaban J connectivity index is 2.86. The molecule has 0 bridgehead atoms. The molecule has 0 heterocycles. The number of nitrogens with one attached hydrogen (secondary N) is 1. The third kappa shape index (κ3) is 2.67. The van der Waals surface area contributed by atoms with E-state index in [0.717, 1.165) is 0 Å². The van der Waals surface area contributed by atoms with Crippen molar-refractivity contribution >= 4 is 17.6 Å². The summed E-state index contributed by atoms with van der Waals surface area (Å²) in [6.07, 6.45) is -0.353. The maximum Gasteiger partial charge on any atom is 0.433 e. The van der Waals surface area contributed by atoms with Crippen molar-refractivity contribution in [2.75, 3.05) is 7.05 Å². The normalized spacial score (nSPS) is 24.9. The highest BCUT2D eigenvalue weighted by atomic mass is 16.7. The molecule has 1 amide bonds. The first-order valence-corrected chi connectivity index (χ1v) is 5.70. The van der Waals surface area contributed by atoms with Gasteiger partial charge in [0.2, 0.25) is 0 Å². The van der Waals surface area contributed by atoms with Crippen LogP contribution in [0.1, 0.15) is 27.2 Å². The van der Waals surface area contributed by atoms with Gasteiger partial charge in [-0.3, -0.25) is 9.63 Å². The largest absolute Gasteiger partial charge is 0.433 e. The summed E-state index contributed by atoms with van der Waals surface area (Å²) in [6.45, 7) is 5.32. The molecule has 1 fully saturated rings. The van der Waals surface area contributed by atoms with E-state index in [1.54, 1.807) is 0 Å². The van der Waals surface area contributed by atoms with Gasteiger partial charge < -0.3 is 5.32 Å². The zero-order valence-corrected chi connectivity index (χ0v) is 11.0. The topological polar surface area (TPSA) is 91.5 Å². The minimum atomic E-state index is -0.718. The Morgan fingerprint density at radius 2 is 2.11 bits per heavy atom. The zero-order valence-electron chi connectivity index (χ0n) is 11.0. The van der Waals surface area contributed by atoms with E-state index < -0.39 is 6.09 Å². The first-order chi connectivity index (χ1) is 8.36. The van der Waals surface area contributed by atoms with Crippen LogP contribution in [0.15, 0.2) is 5.16 Å². The molecule has 1 N–H and O–H groups in total. The molecule has 0 aromatic heterocycles. The van der Waals surface area contributed by atoms with Gasteiger partial charge in [0.25, 0.3) is 0 Å². The van der Waals surface area contributed by atoms with Crippen molar-refractivity contribution in [2.45, 2.75) is 27.2 Å². The number of amides is 1. The maximum atomic E-state index is 11.5. The Hall–Kier alpha value is -1.90. The number of oxime groups is 1. The molecule has 0 spiro atoms. The van der Waals surface area contributed by atoms with Crippen molar-refractivity contribution in [3.63, 3.8) is 0 Å². The van der Waals surface area contributed by atoms with Crippen molar-refractivity contribution in [3.8, 4) is 6.07 Å². The number of hydrogen-bond donors (Lipinski definition) is 1. The van der Waals surface area contributed by atoms with Crippen molar-refractivity contribution in [2.24, 2.45) is 22.4 Å². The van der Waals surface area contributed by atoms with Crippen LogP contribution in [0.2, 0.25) is 0 Å². The van der Waals surface area contributed by atoms with Gasteiger partial charge in [0.05, 0.1) is 6.07 Å². The predicted octanol–water partition coefficient (Wildman–Crippen LogP) is 1.47. The second-order valence-electron chi connectivity index (χ2n) is 4.93. The van der Waals surface area contributed by atoms with Gasteiger partial charge in [-0.1, -0.05) is 19.0 Å². The number of nitriles is 1. The van der Waals surface area contributed by atoms with Crippen LogP contribution in [-0.2, 0) is 9.63 Å². The molecule has 0 saturated heterocycles. The quantitative estimate of drug-likeness (QED) is 0.465. The summed E-state index contributed by atoms with van der Waals surface area (Å²) in [5, 5.41) is 14.6. The Bertz CT molecular complexity index is 434. The Morgan fingerprint density at radius 1 is 1.50 bits per heavy atom. The monoisotopic (exact) mass is 251 g/mol. The fourth-order valence-corrected chi connectivity index (χ4v) is 2.24. The number of ketones is 1. The molecular formula is C12H17N3O3. The van der Waals surface area contributed by atoms with Gasteiger partial charge in [-0.15, -0.1) is 0 Å². The highest BCUT2D eigenvalue weighted by molar-refractivity contribution is 6.40. The van der Waals surface area contributed by atoms with Crippen LogP contribution in [0.25, 0.3) is 0 Å². The summed E-state index contributed by atoms with van der Waals surface area (Å²) in [5.74, 6) is -0.282. The molecule has 0 radical (unpaired) electrons. The molecule has 0 aromatic rings. The fraction of sp³-hybridized carbons (Fsp3) is 0.667. The summed E-state index contributed by atoms with van der Waals surface area (Å²) in [5.41, 5.74) is 0.0654. The lowest BCUT2D eigenvalue weighted by molar-refractivity contribution is -0.111. The fourth-order valence-electron chi connectivity index (χ4n) is 2.24. The molecule has 0 aromatic carbocycles. The van der Waals surface area contributed by atoms with E-state index in [4.69, 9.17) is 5.26 Å². The van der Waals surface area contributed by atoms with E-state index >= 15 is 0 Å². The average Bonchev–Trinajstić information content (AvgIpc) is 2.81. The smallest absolute Gasteiger partial charge is 0.323 e. The summed E-state index contributed by atoms with van der Waals surface area (Å²) >= 11 is 0. The Labute approximate surface area is 106 Å². The highest BCUT2D eigenvalue weighted by Crippen LogP contribution is 2.60. The van der Waals surface area contributed by atoms with E-state index in [1.165, 1.54) is 14.0 Å². The van der Waals surface area contributed by atoms with Gasteiger partial charge in [-0.25, -0.2) is 4.79 Å². The Morgan fingerprint density at radius 3 is 2.56 bits per heavy atom. The molecule has 2 atom stereocenters. The molecule has 1 aliphatic rings. The maximum absolute atomic E-state index is 11.5. The average molecular weight is 251 g/mol. The first-order valence-electron chi connectivity index (χ1n) is 5.70. The van der Waals surface area contributed by atoms with Gasteiger partial charge in [-0.2, -0.15) is 5.26 Å². The summed E-state index contributed by atoms with van der Waals surface area (Å²) in [4.78, 5) is 27.1. The third-order valence-electron chi connectivity index (χ3n) is 3.45. The number of carbonyl (C=O) groups is 2. The van der Waals surface area contributed by atoms with Gasteiger partial charge in [-0.05, 0) is 11.3 Å².